The molecule has 120 valence electrons. The van der Waals surface area contributed by atoms with Crippen LogP contribution in [0, 0.1) is 6.92 Å². The third-order valence-corrected chi connectivity index (χ3v) is 4.27. The van der Waals surface area contributed by atoms with Crippen LogP contribution in [-0.4, -0.2) is 22.3 Å². The highest BCUT2D eigenvalue weighted by Crippen LogP contribution is 2.30. The Morgan fingerprint density at radius 3 is 2.62 bits per heavy atom. The van der Waals surface area contributed by atoms with Crippen LogP contribution in [0.1, 0.15) is 20.8 Å². The van der Waals surface area contributed by atoms with Crippen LogP contribution in [-0.2, 0) is 0 Å². The number of anilines is 1. The molecule has 2 N–H and O–H groups in total. The molecule has 0 atom stereocenters. The molecule has 2 aromatic carbocycles. The van der Waals surface area contributed by atoms with Crippen LogP contribution >= 0.6 is 11.3 Å². The lowest BCUT2D eigenvalue weighted by atomic mass is 10.1. The van der Waals surface area contributed by atoms with E-state index < -0.39 is 5.97 Å². The number of aromatic carboxylic acids is 1. The molecule has 5 nitrogen and oxygen atoms in total. The Balaban J connectivity index is 1.78. The van der Waals surface area contributed by atoms with E-state index in [0.717, 1.165) is 16.1 Å². The van der Waals surface area contributed by atoms with E-state index in [9.17, 15) is 4.79 Å². The van der Waals surface area contributed by atoms with Crippen LogP contribution in [0.2, 0.25) is 0 Å². The number of rotatable bonds is 5. The highest BCUT2D eigenvalue weighted by Gasteiger charge is 2.09. The Morgan fingerprint density at radius 2 is 1.88 bits per heavy atom. The predicted molar refractivity (Wildman–Crippen MR) is 96.9 cm³/mol. The second-order valence-corrected chi connectivity index (χ2v) is 6.26. The third-order valence-electron chi connectivity index (χ3n) is 3.40. The van der Waals surface area contributed by atoms with E-state index in [1.54, 1.807) is 24.3 Å². The maximum absolute atomic E-state index is 11.2. The molecular weight excluding hydrogens is 322 g/mol. The van der Waals surface area contributed by atoms with Gasteiger partial charge in [0.2, 0.25) is 5.13 Å². The molecule has 0 amide bonds. The van der Waals surface area contributed by atoms with E-state index in [4.69, 9.17) is 5.11 Å². The van der Waals surface area contributed by atoms with Crippen molar-refractivity contribution >= 4 is 28.7 Å². The highest BCUT2D eigenvalue weighted by atomic mass is 32.1. The summed E-state index contributed by atoms with van der Waals surface area (Å²) in [6.07, 6.45) is 1.49. The molecule has 0 fully saturated rings. The van der Waals surface area contributed by atoms with Gasteiger partial charge in [-0.15, -0.1) is 11.3 Å². The summed E-state index contributed by atoms with van der Waals surface area (Å²) in [6, 6.07) is 16.6. The van der Waals surface area contributed by atoms with E-state index >= 15 is 0 Å². The molecule has 0 radical (unpaired) electrons. The lowest BCUT2D eigenvalue weighted by Crippen LogP contribution is -2.02. The van der Waals surface area contributed by atoms with Gasteiger partial charge < -0.3 is 5.11 Å². The fraction of sp³-hybridized carbons (Fsp3) is 0.0556. The number of hydrogen-bond acceptors (Lipinski definition) is 5. The molecule has 0 bridgehead atoms. The molecule has 3 rings (SSSR count). The number of aromatic nitrogens is 1. The molecule has 1 aromatic heterocycles. The molecule has 0 saturated heterocycles. The summed E-state index contributed by atoms with van der Waals surface area (Å²) in [5.74, 6) is -0.978. The van der Waals surface area contributed by atoms with Crippen molar-refractivity contribution in [3.63, 3.8) is 0 Å². The number of carboxylic acid groups (broad SMARTS) is 1. The Hall–Kier alpha value is -2.99. The highest BCUT2D eigenvalue weighted by molar-refractivity contribution is 7.15. The monoisotopic (exact) mass is 337 g/mol. The number of nitrogens with one attached hydrogen (secondary N) is 1. The molecule has 0 spiro atoms. The summed E-state index contributed by atoms with van der Waals surface area (Å²) < 4.78 is 0. The summed E-state index contributed by atoms with van der Waals surface area (Å²) in [5.41, 5.74) is 5.60. The second kappa shape index (κ2) is 7.06. The minimum atomic E-state index is -0.978. The van der Waals surface area contributed by atoms with Crippen LogP contribution < -0.4 is 5.43 Å². The summed E-state index contributed by atoms with van der Waals surface area (Å²) in [7, 11) is 0. The van der Waals surface area contributed by atoms with Crippen LogP contribution in [0.5, 0.6) is 0 Å². The van der Waals surface area contributed by atoms with Gasteiger partial charge >= 0.3 is 5.97 Å². The molecule has 0 aliphatic heterocycles. The fourth-order valence-electron chi connectivity index (χ4n) is 2.27. The van der Waals surface area contributed by atoms with E-state index in [0.29, 0.717) is 10.7 Å². The van der Waals surface area contributed by atoms with Gasteiger partial charge in [0.25, 0.3) is 0 Å². The molecule has 3 aromatic rings. The number of carboxylic acids is 1. The largest absolute Gasteiger partial charge is 0.478 e. The normalized spacial score (nSPS) is 10.9. The summed E-state index contributed by atoms with van der Waals surface area (Å²) >= 11 is 1.50. The van der Waals surface area contributed by atoms with Crippen LogP contribution in [0.25, 0.3) is 11.3 Å². The van der Waals surface area contributed by atoms with E-state index in [1.807, 2.05) is 37.3 Å². The predicted octanol–water partition coefficient (Wildman–Crippen LogP) is 4.26. The molecular formula is C18H15N3O2S. The van der Waals surface area contributed by atoms with E-state index in [2.05, 4.69) is 15.5 Å². The number of hydrogen-bond donors (Lipinski definition) is 2. The average Bonchev–Trinajstić information content (AvgIpc) is 2.97. The van der Waals surface area contributed by atoms with Gasteiger partial charge in [-0.25, -0.2) is 9.78 Å². The quantitative estimate of drug-likeness (QED) is 0.539. The minimum Gasteiger partial charge on any atom is -0.478 e. The Kier molecular flexibility index (Phi) is 4.67. The number of hydrazone groups is 1. The number of benzene rings is 2. The van der Waals surface area contributed by atoms with Gasteiger partial charge in [-0.2, -0.15) is 5.10 Å². The first-order chi connectivity index (χ1) is 11.6. The topological polar surface area (TPSA) is 74.6 Å². The van der Waals surface area contributed by atoms with Crippen molar-refractivity contribution in [3.8, 4) is 11.3 Å². The summed E-state index contributed by atoms with van der Waals surface area (Å²) in [5, 5.41) is 13.9. The van der Waals surface area contributed by atoms with Crippen LogP contribution in [0.15, 0.2) is 59.7 Å². The molecule has 0 unspecified atom stereocenters. The van der Waals surface area contributed by atoms with Gasteiger partial charge in [0.1, 0.15) is 0 Å². The van der Waals surface area contributed by atoms with Crippen LogP contribution in [0.4, 0.5) is 5.13 Å². The number of carbonyl (C=O) groups is 1. The van der Waals surface area contributed by atoms with Crippen molar-refractivity contribution in [2.75, 3.05) is 5.43 Å². The zero-order valence-electron chi connectivity index (χ0n) is 12.9. The molecule has 0 aliphatic carbocycles. The molecule has 24 heavy (non-hydrogen) atoms. The van der Waals surface area contributed by atoms with E-state index in [-0.39, 0.29) is 5.56 Å². The maximum atomic E-state index is 11.2. The van der Waals surface area contributed by atoms with Gasteiger partial charge in [-0.1, -0.05) is 48.5 Å². The number of nitrogens with zero attached hydrogens (tertiary/aromatic N) is 2. The van der Waals surface area contributed by atoms with E-state index in [1.165, 1.54) is 17.6 Å². The smallest absolute Gasteiger partial charge is 0.336 e. The first kappa shape index (κ1) is 15.9. The average molecular weight is 337 g/mol. The summed E-state index contributed by atoms with van der Waals surface area (Å²) in [6.45, 7) is 2.01. The second-order valence-electron chi connectivity index (χ2n) is 5.05. The van der Waals surface area contributed by atoms with Gasteiger partial charge in [0.15, 0.2) is 0 Å². The molecule has 0 aliphatic rings. The Labute approximate surface area is 143 Å². The van der Waals surface area contributed by atoms with Crippen molar-refractivity contribution in [3.05, 3.63) is 70.6 Å². The zero-order valence-corrected chi connectivity index (χ0v) is 13.7. The molecule has 6 heteroatoms. The number of aryl methyl sites for hydroxylation is 1. The fourth-order valence-corrected chi connectivity index (χ4v) is 3.05. The molecule has 1 heterocycles. The first-order valence-electron chi connectivity index (χ1n) is 7.29. The third kappa shape index (κ3) is 3.49. The van der Waals surface area contributed by atoms with Crippen molar-refractivity contribution in [2.24, 2.45) is 5.10 Å². The standard InChI is InChI=1S/C18H15N3O2S/c1-12-16(13-7-3-2-4-8-13)20-18(24-12)21-19-11-14-9-5-6-10-15(14)17(22)23/h2-11H,1H3,(H,20,21)(H,22,23)/b19-11-. The van der Waals surface area contributed by atoms with Gasteiger partial charge in [-0.05, 0) is 13.0 Å². The first-order valence-corrected chi connectivity index (χ1v) is 8.11. The maximum Gasteiger partial charge on any atom is 0.336 e. The van der Waals surface area contributed by atoms with Crippen molar-refractivity contribution in [1.29, 1.82) is 0 Å². The zero-order chi connectivity index (χ0) is 16.9. The van der Waals surface area contributed by atoms with Crippen molar-refractivity contribution < 1.29 is 9.90 Å². The van der Waals surface area contributed by atoms with Gasteiger partial charge in [-0.3, -0.25) is 5.43 Å². The van der Waals surface area contributed by atoms with Crippen molar-refractivity contribution in [2.45, 2.75) is 6.92 Å². The SMILES string of the molecule is Cc1sc(N/N=C\c2ccccc2C(=O)O)nc1-c1ccccc1. The summed E-state index contributed by atoms with van der Waals surface area (Å²) in [4.78, 5) is 16.8. The Morgan fingerprint density at radius 1 is 1.17 bits per heavy atom. The lowest BCUT2D eigenvalue weighted by Gasteiger charge is -1.99. The van der Waals surface area contributed by atoms with Gasteiger partial charge in [0, 0.05) is 16.0 Å². The lowest BCUT2D eigenvalue weighted by molar-refractivity contribution is 0.0697. The number of thiazole rings is 1. The van der Waals surface area contributed by atoms with Crippen molar-refractivity contribution in [1.82, 2.24) is 4.98 Å². The molecule has 0 saturated carbocycles. The minimum absolute atomic E-state index is 0.211. The van der Waals surface area contributed by atoms with Crippen LogP contribution in [0.3, 0.4) is 0 Å². The Bertz CT molecular complexity index is 888. The van der Waals surface area contributed by atoms with Gasteiger partial charge in [0.05, 0.1) is 17.5 Å².